The van der Waals surface area contributed by atoms with Crippen LogP contribution in [0.1, 0.15) is 5.56 Å². The summed E-state index contributed by atoms with van der Waals surface area (Å²) < 4.78 is 37.7. The molecule has 0 spiro atoms. The summed E-state index contributed by atoms with van der Waals surface area (Å²) in [6.45, 7) is 1.23. The lowest BCUT2D eigenvalue weighted by atomic mass is 10.2. The number of nitrogens with zero attached hydrogens (tertiary/aromatic N) is 3. The summed E-state index contributed by atoms with van der Waals surface area (Å²) in [5.74, 6) is -0.0213. The fourth-order valence-electron chi connectivity index (χ4n) is 1.76. The second-order valence-corrected chi connectivity index (χ2v) is 4.36. The van der Waals surface area contributed by atoms with E-state index in [1.54, 1.807) is 4.90 Å². The normalized spacial score (nSPS) is 15.2. The number of hydrogen-bond acceptors (Lipinski definition) is 1. The molecule has 0 fully saturated rings. The number of hydrogen-bond donors (Lipinski definition) is 2. The van der Waals surface area contributed by atoms with Gasteiger partial charge in [-0.1, -0.05) is 18.2 Å². The van der Waals surface area contributed by atoms with Crippen LogP contribution in [0.25, 0.3) is 0 Å². The molecule has 5 nitrogen and oxygen atoms in total. The summed E-state index contributed by atoms with van der Waals surface area (Å²) in [7, 11) is 0. The first-order valence-electron chi connectivity index (χ1n) is 6.12. The molecule has 0 unspecified atom stereocenters. The third kappa shape index (κ3) is 5.99. The fraction of sp³-hybridized carbons (Fsp3) is 0.231. The average Bonchev–Trinajstić information content (AvgIpc) is 2.91. The van der Waals surface area contributed by atoms with Crippen LogP contribution in [0.3, 0.4) is 0 Å². The number of rotatable bonds is 1. The lowest BCUT2D eigenvalue weighted by Crippen LogP contribution is -2.36. The van der Waals surface area contributed by atoms with Crippen molar-refractivity contribution in [2.45, 2.75) is 6.18 Å². The topological polar surface area (TPSA) is 80.0 Å². The van der Waals surface area contributed by atoms with Crippen LogP contribution < -0.4 is 11.5 Å². The molecule has 0 atom stereocenters. The van der Waals surface area contributed by atoms with Crippen LogP contribution in [-0.2, 0) is 6.18 Å². The molecular formula is C13H16Cl2F3N5. The van der Waals surface area contributed by atoms with Gasteiger partial charge in [0.2, 0.25) is 5.96 Å². The van der Waals surface area contributed by atoms with Gasteiger partial charge in [-0.15, -0.1) is 24.8 Å². The van der Waals surface area contributed by atoms with Crippen molar-refractivity contribution < 1.29 is 13.2 Å². The van der Waals surface area contributed by atoms with Gasteiger partial charge in [-0.25, -0.2) is 4.99 Å². The smallest absolute Gasteiger partial charge is 0.369 e. The number of nitrogens with two attached hydrogens (primary N) is 2. The Kier molecular flexibility index (Phi) is 7.91. The van der Waals surface area contributed by atoms with E-state index in [1.807, 2.05) is 12.2 Å². The van der Waals surface area contributed by atoms with Gasteiger partial charge < -0.3 is 16.4 Å². The molecule has 0 bridgehead atoms. The highest BCUT2D eigenvalue weighted by Crippen LogP contribution is 2.31. The highest BCUT2D eigenvalue weighted by Gasteiger charge is 2.30. The van der Waals surface area contributed by atoms with Crippen molar-refractivity contribution in [2.75, 3.05) is 13.1 Å². The average molecular weight is 370 g/mol. The summed E-state index contributed by atoms with van der Waals surface area (Å²) >= 11 is 0. The molecule has 0 radical (unpaired) electrons. The molecular weight excluding hydrogens is 354 g/mol. The minimum absolute atomic E-state index is 0. The first-order valence-corrected chi connectivity index (χ1v) is 6.12. The number of benzene rings is 1. The number of aliphatic imine (C=N–C) groups is 2. The number of guanidine groups is 2. The lowest BCUT2D eigenvalue weighted by molar-refractivity contribution is -0.137. The quantitative estimate of drug-likeness (QED) is 0.453. The predicted molar refractivity (Wildman–Crippen MR) is 89.6 cm³/mol. The first kappa shape index (κ1) is 21.1. The zero-order chi connectivity index (χ0) is 15.5. The maximum atomic E-state index is 12.6. The van der Waals surface area contributed by atoms with Gasteiger partial charge in [-0.05, 0) is 18.2 Å². The second kappa shape index (κ2) is 8.64. The van der Waals surface area contributed by atoms with Crippen LogP contribution in [0.4, 0.5) is 18.9 Å². The maximum Gasteiger partial charge on any atom is 0.416 e. The van der Waals surface area contributed by atoms with Crippen molar-refractivity contribution in [1.82, 2.24) is 4.90 Å². The Hall–Kier alpha value is -1.93. The molecule has 0 saturated heterocycles. The van der Waals surface area contributed by atoms with Crippen LogP contribution in [-0.4, -0.2) is 29.9 Å². The molecule has 0 aliphatic carbocycles. The largest absolute Gasteiger partial charge is 0.416 e. The summed E-state index contributed by atoms with van der Waals surface area (Å²) in [5.41, 5.74) is 10.6. The SMILES string of the molecule is Cl.Cl.NC(=Nc1cccc(C(F)(F)F)c1)/N=C(/N)N1CC=CC1. The minimum Gasteiger partial charge on any atom is -0.369 e. The van der Waals surface area contributed by atoms with Crippen molar-refractivity contribution in [3.8, 4) is 0 Å². The van der Waals surface area contributed by atoms with Crippen molar-refractivity contribution in [3.63, 3.8) is 0 Å². The second-order valence-electron chi connectivity index (χ2n) is 4.36. The van der Waals surface area contributed by atoms with E-state index in [4.69, 9.17) is 11.5 Å². The third-order valence-corrected chi connectivity index (χ3v) is 2.79. The first-order chi connectivity index (χ1) is 9.86. The van der Waals surface area contributed by atoms with Crippen LogP contribution in [0.15, 0.2) is 46.4 Å². The number of halogens is 5. The van der Waals surface area contributed by atoms with Gasteiger partial charge in [0.25, 0.3) is 0 Å². The summed E-state index contributed by atoms with van der Waals surface area (Å²) in [6, 6.07) is 4.52. The molecule has 1 aliphatic rings. The van der Waals surface area contributed by atoms with E-state index >= 15 is 0 Å². The Morgan fingerprint density at radius 1 is 1.09 bits per heavy atom. The zero-order valence-corrected chi connectivity index (χ0v) is 13.5. The standard InChI is InChI=1S/C13H14F3N5.2ClH/c14-13(15,16)9-4-3-5-10(8-9)19-11(17)20-12(18)21-6-1-2-7-21;;/h1-5,8H,6-7H2,(H4,17,18,19,20);2*1H. The highest BCUT2D eigenvalue weighted by atomic mass is 35.5. The van der Waals surface area contributed by atoms with Gasteiger partial charge in [0.05, 0.1) is 11.3 Å². The molecule has 4 N–H and O–H groups in total. The van der Waals surface area contributed by atoms with E-state index in [2.05, 4.69) is 9.98 Å². The zero-order valence-electron chi connectivity index (χ0n) is 11.8. The Morgan fingerprint density at radius 2 is 1.70 bits per heavy atom. The molecule has 1 aromatic carbocycles. The molecule has 0 amide bonds. The van der Waals surface area contributed by atoms with Crippen LogP contribution >= 0.6 is 24.8 Å². The van der Waals surface area contributed by atoms with E-state index in [0.717, 1.165) is 12.1 Å². The van der Waals surface area contributed by atoms with Gasteiger partial charge in [0.15, 0.2) is 5.96 Å². The third-order valence-electron chi connectivity index (χ3n) is 2.79. The van der Waals surface area contributed by atoms with Crippen LogP contribution in [0.5, 0.6) is 0 Å². The summed E-state index contributed by atoms with van der Waals surface area (Å²) in [5, 5.41) is 0. The molecule has 10 heteroatoms. The molecule has 1 aliphatic heterocycles. The van der Waals surface area contributed by atoms with Gasteiger partial charge >= 0.3 is 6.18 Å². The molecule has 23 heavy (non-hydrogen) atoms. The Bertz CT molecular complexity index is 606. The Morgan fingerprint density at radius 3 is 2.26 bits per heavy atom. The van der Waals surface area contributed by atoms with E-state index in [9.17, 15) is 13.2 Å². The monoisotopic (exact) mass is 369 g/mol. The predicted octanol–water partition coefficient (Wildman–Crippen LogP) is 2.68. The van der Waals surface area contributed by atoms with Crippen molar-refractivity contribution in [3.05, 3.63) is 42.0 Å². The fourth-order valence-corrected chi connectivity index (χ4v) is 1.76. The lowest BCUT2D eigenvalue weighted by Gasteiger charge is -2.15. The molecule has 0 aromatic heterocycles. The van der Waals surface area contributed by atoms with Gasteiger partial charge in [0.1, 0.15) is 0 Å². The Balaban J connectivity index is 0.00000242. The van der Waals surface area contributed by atoms with E-state index in [-0.39, 0.29) is 42.4 Å². The molecule has 128 valence electrons. The summed E-state index contributed by atoms with van der Waals surface area (Å²) in [6.07, 6.45) is -0.588. The summed E-state index contributed by atoms with van der Waals surface area (Å²) in [4.78, 5) is 9.44. The molecule has 0 saturated carbocycles. The molecule has 1 heterocycles. The van der Waals surface area contributed by atoms with Crippen molar-refractivity contribution in [1.29, 1.82) is 0 Å². The molecule has 2 rings (SSSR count). The molecule has 1 aromatic rings. The van der Waals surface area contributed by atoms with E-state index < -0.39 is 11.7 Å². The van der Waals surface area contributed by atoms with Crippen LogP contribution in [0.2, 0.25) is 0 Å². The van der Waals surface area contributed by atoms with Gasteiger partial charge in [0, 0.05) is 13.1 Å². The highest BCUT2D eigenvalue weighted by molar-refractivity contribution is 5.94. The van der Waals surface area contributed by atoms with E-state index in [0.29, 0.717) is 13.1 Å². The maximum absolute atomic E-state index is 12.6. The number of alkyl halides is 3. The Labute approximate surface area is 143 Å². The van der Waals surface area contributed by atoms with Gasteiger partial charge in [-0.3, -0.25) is 0 Å². The van der Waals surface area contributed by atoms with Crippen LogP contribution in [0, 0.1) is 0 Å². The van der Waals surface area contributed by atoms with E-state index in [1.165, 1.54) is 12.1 Å². The van der Waals surface area contributed by atoms with Gasteiger partial charge in [-0.2, -0.15) is 18.2 Å². The minimum atomic E-state index is -4.43. The van der Waals surface area contributed by atoms with Crippen molar-refractivity contribution in [2.24, 2.45) is 21.5 Å². The van der Waals surface area contributed by atoms with Crippen molar-refractivity contribution >= 4 is 42.4 Å².